The molecule has 5 rings (SSSR count). The number of aliphatic hydroxyl groups is 4. The number of carboxylic acid groups (broad SMARTS) is 1. The monoisotopic (exact) mass is 504 g/mol. The van der Waals surface area contributed by atoms with Crippen LogP contribution in [0.4, 0.5) is 0 Å². The molecule has 5 N–H and O–H groups in total. The highest BCUT2D eigenvalue weighted by atomic mass is 16.4. The van der Waals surface area contributed by atoms with Crippen molar-refractivity contribution in [2.75, 3.05) is 6.61 Å². The van der Waals surface area contributed by atoms with Crippen LogP contribution in [0.3, 0.4) is 0 Å². The smallest absolute Gasteiger partial charge is 0.310 e. The summed E-state index contributed by atoms with van der Waals surface area (Å²) >= 11 is 0. The molecular weight excluding hydrogens is 456 g/mol. The van der Waals surface area contributed by atoms with E-state index in [1.807, 2.05) is 6.92 Å². The summed E-state index contributed by atoms with van der Waals surface area (Å²) in [5.41, 5.74) is -1.41. The van der Waals surface area contributed by atoms with Gasteiger partial charge >= 0.3 is 5.97 Å². The first-order chi connectivity index (χ1) is 16.6. The summed E-state index contributed by atoms with van der Waals surface area (Å²) in [7, 11) is 0. The van der Waals surface area contributed by atoms with Gasteiger partial charge in [0.15, 0.2) is 0 Å². The lowest BCUT2D eigenvalue weighted by atomic mass is 9.32. The van der Waals surface area contributed by atoms with Crippen LogP contribution in [0.25, 0.3) is 0 Å². The molecule has 6 nitrogen and oxygen atoms in total. The second-order valence-corrected chi connectivity index (χ2v) is 14.6. The summed E-state index contributed by atoms with van der Waals surface area (Å²) in [4.78, 5) is 12.8. The first-order valence-corrected chi connectivity index (χ1v) is 14.2. The van der Waals surface area contributed by atoms with E-state index >= 15 is 0 Å². The van der Waals surface area contributed by atoms with Crippen molar-refractivity contribution in [3.63, 3.8) is 0 Å². The lowest BCUT2D eigenvalue weighted by molar-refractivity contribution is -0.273. The Morgan fingerprint density at radius 1 is 1.00 bits per heavy atom. The van der Waals surface area contributed by atoms with Crippen molar-refractivity contribution in [2.45, 2.75) is 105 Å². The highest BCUT2D eigenvalue weighted by Crippen LogP contribution is 2.75. The largest absolute Gasteiger partial charge is 0.481 e. The van der Waals surface area contributed by atoms with E-state index in [0.29, 0.717) is 25.2 Å². The summed E-state index contributed by atoms with van der Waals surface area (Å²) in [5.74, 6) is -0.0914. The molecule has 0 bridgehead atoms. The van der Waals surface area contributed by atoms with E-state index in [0.717, 1.165) is 25.7 Å². The molecule has 13 atom stereocenters. The topological polar surface area (TPSA) is 118 Å². The van der Waals surface area contributed by atoms with Gasteiger partial charge in [0.25, 0.3) is 0 Å². The van der Waals surface area contributed by atoms with Gasteiger partial charge in [0.1, 0.15) is 0 Å². The Labute approximate surface area is 216 Å². The van der Waals surface area contributed by atoms with Crippen LogP contribution in [-0.4, -0.2) is 56.4 Å². The van der Waals surface area contributed by atoms with Crippen molar-refractivity contribution in [3.8, 4) is 0 Å². The molecule has 0 saturated heterocycles. The van der Waals surface area contributed by atoms with Gasteiger partial charge in [-0.1, -0.05) is 53.2 Å². The maximum Gasteiger partial charge on any atom is 0.310 e. The third-order valence-electron chi connectivity index (χ3n) is 13.4. The zero-order valence-electron chi connectivity index (χ0n) is 23.0. The van der Waals surface area contributed by atoms with Crippen molar-refractivity contribution >= 4 is 5.97 Å². The number of carbonyl (C=O) groups is 1. The molecule has 0 aromatic heterocycles. The third kappa shape index (κ3) is 2.96. The molecule has 0 radical (unpaired) electrons. The summed E-state index contributed by atoms with van der Waals surface area (Å²) in [6.07, 6.45) is 4.44. The Bertz CT molecular complexity index is 963. The average molecular weight is 505 g/mol. The second-order valence-electron chi connectivity index (χ2n) is 14.6. The minimum Gasteiger partial charge on any atom is -0.481 e. The fraction of sp³-hybridized carbons (Fsp3) is 0.900. The van der Waals surface area contributed by atoms with Crippen LogP contribution in [-0.2, 0) is 4.79 Å². The molecule has 0 spiro atoms. The SMILES string of the molecule is CC1CC[C@@]2(C(=O)O)CCC3(C)C(=CCC4[C@]5(C)CC(O)C(O)[C@](C)(CO)C5C(O)C[C@@]43C)C2C1C. The zero-order valence-corrected chi connectivity index (χ0v) is 23.0. The Hall–Kier alpha value is -0.950. The molecule has 36 heavy (non-hydrogen) atoms. The Balaban J connectivity index is 1.65. The van der Waals surface area contributed by atoms with E-state index in [2.05, 4.69) is 40.7 Å². The lowest BCUT2D eigenvalue weighted by Gasteiger charge is -2.72. The average Bonchev–Trinajstić information content (AvgIpc) is 2.80. The Kier molecular flexibility index (Phi) is 5.95. The van der Waals surface area contributed by atoms with Gasteiger partial charge in [-0.05, 0) is 84.9 Å². The molecule has 0 aromatic rings. The van der Waals surface area contributed by atoms with E-state index in [-0.39, 0.29) is 41.1 Å². The van der Waals surface area contributed by atoms with Crippen molar-refractivity contribution in [1.82, 2.24) is 0 Å². The highest BCUT2D eigenvalue weighted by Gasteiger charge is 2.72. The predicted octanol–water partition coefficient (Wildman–Crippen LogP) is 4.00. The van der Waals surface area contributed by atoms with Crippen molar-refractivity contribution in [1.29, 1.82) is 0 Å². The number of aliphatic carboxylic acids is 1. The summed E-state index contributed by atoms with van der Waals surface area (Å²) in [6.45, 7) is 12.8. The molecule has 0 amide bonds. The number of hydrogen-bond donors (Lipinski definition) is 5. The van der Waals surface area contributed by atoms with Crippen molar-refractivity contribution in [3.05, 3.63) is 11.6 Å². The molecule has 4 saturated carbocycles. The van der Waals surface area contributed by atoms with E-state index in [4.69, 9.17) is 0 Å². The molecule has 9 unspecified atom stereocenters. The molecular formula is C30H48O6. The van der Waals surface area contributed by atoms with E-state index in [1.165, 1.54) is 5.57 Å². The molecule has 0 heterocycles. The third-order valence-corrected chi connectivity index (χ3v) is 13.4. The first kappa shape index (κ1) is 26.6. The minimum atomic E-state index is -1.08. The number of allylic oxidation sites excluding steroid dienone is 2. The molecule has 6 heteroatoms. The zero-order chi connectivity index (χ0) is 26.6. The summed E-state index contributed by atoms with van der Waals surface area (Å²) in [5, 5.41) is 54.7. The maximum absolute atomic E-state index is 12.8. The van der Waals surface area contributed by atoms with E-state index in [1.54, 1.807) is 0 Å². The van der Waals surface area contributed by atoms with Crippen LogP contribution < -0.4 is 0 Å². The van der Waals surface area contributed by atoms with Gasteiger partial charge in [0.2, 0.25) is 0 Å². The number of aliphatic hydroxyl groups excluding tert-OH is 4. The normalized spacial score (nSPS) is 58.6. The van der Waals surface area contributed by atoms with Crippen LogP contribution >= 0.6 is 0 Å². The number of rotatable bonds is 2. The highest BCUT2D eigenvalue weighted by molar-refractivity contribution is 5.76. The van der Waals surface area contributed by atoms with E-state index in [9.17, 15) is 30.3 Å². The fourth-order valence-corrected chi connectivity index (χ4v) is 11.2. The van der Waals surface area contributed by atoms with Gasteiger partial charge in [-0.3, -0.25) is 4.79 Å². The molecule has 5 aliphatic carbocycles. The molecule has 5 aliphatic rings. The molecule has 0 aliphatic heterocycles. The van der Waals surface area contributed by atoms with Gasteiger partial charge < -0.3 is 25.5 Å². The molecule has 4 fully saturated rings. The Morgan fingerprint density at radius 2 is 1.67 bits per heavy atom. The predicted molar refractivity (Wildman–Crippen MR) is 137 cm³/mol. The standard InChI is InChI=1S/C30H48O6/c1-16-9-10-30(25(35)36)12-11-28(5)18(22(30)17(16)2)7-8-21-26(3)13-20(33)24(34)27(4,15-31)23(26)19(32)14-29(21,28)6/h7,16-17,19-24,31-34H,8-15H2,1-6H3,(H,35,36)/t16?,17?,19?,20?,21?,22?,23?,24?,26-,27+,28?,29-,30+/m0/s1. The lowest BCUT2D eigenvalue weighted by Crippen LogP contribution is -2.71. The molecule has 204 valence electrons. The minimum absolute atomic E-state index is 0.000534. The van der Waals surface area contributed by atoms with Crippen molar-refractivity contribution < 1.29 is 30.3 Å². The van der Waals surface area contributed by atoms with Crippen LogP contribution in [0.1, 0.15) is 86.5 Å². The number of fused-ring (bicyclic) bond motifs is 7. The van der Waals surface area contributed by atoms with Crippen LogP contribution in [0.2, 0.25) is 0 Å². The van der Waals surface area contributed by atoms with E-state index < -0.39 is 40.5 Å². The Morgan fingerprint density at radius 3 is 2.28 bits per heavy atom. The number of hydrogen-bond acceptors (Lipinski definition) is 5. The first-order valence-electron chi connectivity index (χ1n) is 14.2. The number of carboxylic acids is 1. The van der Waals surface area contributed by atoms with Gasteiger partial charge in [0.05, 0.1) is 30.3 Å². The second kappa shape index (κ2) is 8.03. The van der Waals surface area contributed by atoms with Crippen LogP contribution in [0, 0.1) is 56.7 Å². The van der Waals surface area contributed by atoms with Gasteiger partial charge in [-0.15, -0.1) is 0 Å². The van der Waals surface area contributed by atoms with Gasteiger partial charge in [-0.25, -0.2) is 0 Å². The quantitative estimate of drug-likeness (QED) is 0.363. The van der Waals surface area contributed by atoms with Gasteiger partial charge in [0, 0.05) is 11.3 Å². The fourth-order valence-electron chi connectivity index (χ4n) is 11.2. The van der Waals surface area contributed by atoms with Gasteiger partial charge in [-0.2, -0.15) is 0 Å². The maximum atomic E-state index is 12.8. The van der Waals surface area contributed by atoms with Crippen molar-refractivity contribution in [2.24, 2.45) is 56.7 Å². The summed E-state index contributed by atoms with van der Waals surface area (Å²) in [6, 6.07) is 0. The molecule has 0 aromatic carbocycles. The summed E-state index contributed by atoms with van der Waals surface area (Å²) < 4.78 is 0. The van der Waals surface area contributed by atoms with Crippen LogP contribution in [0.15, 0.2) is 11.6 Å². The van der Waals surface area contributed by atoms with Crippen LogP contribution in [0.5, 0.6) is 0 Å².